The van der Waals surface area contributed by atoms with E-state index in [4.69, 9.17) is 0 Å². The normalized spacial score (nSPS) is 14.9. The second kappa shape index (κ2) is 3.10. The fourth-order valence-electron chi connectivity index (χ4n) is 1.53. The highest BCUT2D eigenvalue weighted by Crippen LogP contribution is 2.27. The molecule has 0 radical (unpaired) electrons. The van der Waals surface area contributed by atoms with Crippen LogP contribution in [0.3, 0.4) is 0 Å². The van der Waals surface area contributed by atoms with Gasteiger partial charge in [0.25, 0.3) is 0 Å². The number of anilines is 1. The molecule has 0 spiro atoms. The van der Waals surface area contributed by atoms with Crippen molar-refractivity contribution in [2.75, 3.05) is 11.4 Å². The molecule has 0 unspecified atom stereocenters. The molecule has 0 bridgehead atoms. The van der Waals surface area contributed by atoms with E-state index in [2.05, 4.69) is 20.9 Å². The molecule has 13 heavy (non-hydrogen) atoms. The van der Waals surface area contributed by atoms with Crippen molar-refractivity contribution in [2.24, 2.45) is 0 Å². The van der Waals surface area contributed by atoms with Gasteiger partial charge in [-0.05, 0) is 28.9 Å². The standard InChI is InChI=1S/C9H9BrN2O/c1-2-12-8(13)5-6-3-4-7(10)11-9(6)12/h3-4H,2,5H2,1H3. The zero-order chi connectivity index (χ0) is 9.42. The Balaban J connectivity index is 2.50. The van der Waals surface area contributed by atoms with E-state index in [-0.39, 0.29) is 5.91 Å². The van der Waals surface area contributed by atoms with Gasteiger partial charge < -0.3 is 0 Å². The van der Waals surface area contributed by atoms with E-state index in [9.17, 15) is 4.79 Å². The van der Waals surface area contributed by atoms with Crippen molar-refractivity contribution in [2.45, 2.75) is 13.3 Å². The van der Waals surface area contributed by atoms with Gasteiger partial charge in [0.2, 0.25) is 5.91 Å². The summed E-state index contributed by atoms with van der Waals surface area (Å²) in [5.41, 5.74) is 1.02. The Labute approximate surface area is 84.9 Å². The molecule has 1 amide bonds. The Hall–Kier alpha value is -0.900. The second-order valence-corrected chi connectivity index (χ2v) is 3.74. The highest BCUT2D eigenvalue weighted by atomic mass is 79.9. The molecule has 1 aromatic rings. The first kappa shape index (κ1) is 8.69. The molecule has 0 saturated carbocycles. The minimum atomic E-state index is 0.142. The molecule has 2 heterocycles. The summed E-state index contributed by atoms with van der Waals surface area (Å²) >= 11 is 3.29. The topological polar surface area (TPSA) is 33.2 Å². The van der Waals surface area contributed by atoms with E-state index < -0.39 is 0 Å². The molecule has 3 nitrogen and oxygen atoms in total. The van der Waals surface area contributed by atoms with Crippen molar-refractivity contribution in [3.8, 4) is 0 Å². The van der Waals surface area contributed by atoms with E-state index in [1.165, 1.54) is 0 Å². The van der Waals surface area contributed by atoms with Crippen LogP contribution in [0.15, 0.2) is 16.7 Å². The van der Waals surface area contributed by atoms with E-state index in [1.54, 1.807) is 4.90 Å². The van der Waals surface area contributed by atoms with Gasteiger partial charge >= 0.3 is 0 Å². The molecule has 0 saturated heterocycles. The van der Waals surface area contributed by atoms with Crippen LogP contribution in [-0.4, -0.2) is 17.4 Å². The molecule has 1 aromatic heterocycles. The van der Waals surface area contributed by atoms with Crippen molar-refractivity contribution in [3.63, 3.8) is 0 Å². The van der Waals surface area contributed by atoms with Crippen LogP contribution in [0, 0.1) is 0 Å². The number of hydrogen-bond acceptors (Lipinski definition) is 2. The molecule has 0 N–H and O–H groups in total. The van der Waals surface area contributed by atoms with Crippen LogP contribution in [0.1, 0.15) is 12.5 Å². The summed E-state index contributed by atoms with van der Waals surface area (Å²) in [5.74, 6) is 0.949. The average molecular weight is 241 g/mol. The van der Waals surface area contributed by atoms with Crippen LogP contribution < -0.4 is 4.90 Å². The number of halogens is 1. The van der Waals surface area contributed by atoms with Gasteiger partial charge in [-0.3, -0.25) is 9.69 Å². The van der Waals surface area contributed by atoms with Gasteiger partial charge in [0.05, 0.1) is 6.42 Å². The summed E-state index contributed by atoms with van der Waals surface area (Å²) in [7, 11) is 0. The van der Waals surface area contributed by atoms with E-state index in [0.717, 1.165) is 16.0 Å². The van der Waals surface area contributed by atoms with Crippen LogP contribution in [0.25, 0.3) is 0 Å². The Morgan fingerprint density at radius 1 is 1.62 bits per heavy atom. The number of carbonyl (C=O) groups excluding carboxylic acids is 1. The predicted octanol–water partition coefficient (Wildman–Crippen LogP) is 1.75. The Bertz CT molecular complexity index is 365. The third kappa shape index (κ3) is 1.35. The number of amides is 1. The van der Waals surface area contributed by atoms with Gasteiger partial charge in [0.15, 0.2) is 0 Å². The number of carbonyl (C=O) groups is 1. The van der Waals surface area contributed by atoms with Gasteiger partial charge in [0, 0.05) is 12.1 Å². The summed E-state index contributed by atoms with van der Waals surface area (Å²) in [4.78, 5) is 17.4. The van der Waals surface area contributed by atoms with E-state index in [0.29, 0.717) is 13.0 Å². The van der Waals surface area contributed by atoms with E-state index in [1.807, 2.05) is 19.1 Å². The third-order valence-corrected chi connectivity index (χ3v) is 2.58. The molecule has 1 aliphatic rings. The fraction of sp³-hybridized carbons (Fsp3) is 0.333. The Morgan fingerprint density at radius 3 is 3.08 bits per heavy atom. The second-order valence-electron chi connectivity index (χ2n) is 2.93. The summed E-state index contributed by atoms with van der Waals surface area (Å²) in [6.45, 7) is 2.64. The van der Waals surface area contributed by atoms with Crippen LogP contribution in [-0.2, 0) is 11.2 Å². The summed E-state index contributed by atoms with van der Waals surface area (Å²) < 4.78 is 0.777. The van der Waals surface area contributed by atoms with Crippen LogP contribution in [0.5, 0.6) is 0 Å². The lowest BCUT2D eigenvalue weighted by Gasteiger charge is -2.12. The van der Waals surface area contributed by atoms with Gasteiger partial charge in [-0.1, -0.05) is 6.07 Å². The predicted molar refractivity (Wildman–Crippen MR) is 53.7 cm³/mol. The molecule has 0 aromatic carbocycles. The third-order valence-electron chi connectivity index (χ3n) is 2.14. The molecule has 0 atom stereocenters. The van der Waals surface area contributed by atoms with Gasteiger partial charge in [-0.15, -0.1) is 0 Å². The molecule has 4 heteroatoms. The summed E-state index contributed by atoms with van der Waals surface area (Å²) in [6, 6.07) is 3.81. The molecule has 0 fully saturated rings. The number of hydrogen-bond donors (Lipinski definition) is 0. The van der Waals surface area contributed by atoms with Crippen molar-refractivity contribution in [1.82, 2.24) is 4.98 Å². The number of fused-ring (bicyclic) bond motifs is 1. The number of likely N-dealkylation sites (N-methyl/N-ethyl adjacent to an activating group) is 1. The lowest BCUT2D eigenvalue weighted by molar-refractivity contribution is -0.117. The van der Waals surface area contributed by atoms with E-state index >= 15 is 0 Å². The quantitative estimate of drug-likeness (QED) is 0.702. The minimum Gasteiger partial charge on any atom is -0.297 e. The van der Waals surface area contributed by atoms with Crippen LogP contribution in [0.4, 0.5) is 5.82 Å². The molecule has 2 rings (SSSR count). The fourth-order valence-corrected chi connectivity index (χ4v) is 1.83. The first-order chi connectivity index (χ1) is 6.22. The van der Waals surface area contributed by atoms with Gasteiger partial charge in [-0.2, -0.15) is 0 Å². The molecular formula is C9H9BrN2O. The van der Waals surface area contributed by atoms with Crippen LogP contribution >= 0.6 is 15.9 Å². The first-order valence-corrected chi connectivity index (χ1v) is 4.97. The minimum absolute atomic E-state index is 0.142. The lowest BCUT2D eigenvalue weighted by Crippen LogP contribution is -2.26. The first-order valence-electron chi connectivity index (χ1n) is 4.18. The number of pyridine rings is 1. The van der Waals surface area contributed by atoms with Crippen molar-refractivity contribution >= 4 is 27.7 Å². The average Bonchev–Trinajstić information content (AvgIpc) is 2.40. The maximum atomic E-state index is 11.4. The zero-order valence-electron chi connectivity index (χ0n) is 7.25. The zero-order valence-corrected chi connectivity index (χ0v) is 8.84. The van der Waals surface area contributed by atoms with Crippen molar-refractivity contribution < 1.29 is 4.79 Å². The lowest BCUT2D eigenvalue weighted by atomic mass is 10.2. The highest BCUT2D eigenvalue weighted by molar-refractivity contribution is 9.10. The SMILES string of the molecule is CCN1C(=O)Cc2ccc(Br)nc21. The molecule has 68 valence electrons. The largest absolute Gasteiger partial charge is 0.297 e. The van der Waals surface area contributed by atoms with Gasteiger partial charge in [0.1, 0.15) is 10.4 Å². The number of rotatable bonds is 1. The van der Waals surface area contributed by atoms with Crippen molar-refractivity contribution in [3.05, 3.63) is 22.3 Å². The molecule has 0 aliphatic carbocycles. The summed E-state index contributed by atoms with van der Waals surface area (Å²) in [6.07, 6.45) is 0.490. The molecule has 1 aliphatic heterocycles. The number of nitrogens with zero attached hydrogens (tertiary/aromatic N) is 2. The van der Waals surface area contributed by atoms with Gasteiger partial charge in [-0.25, -0.2) is 4.98 Å². The smallest absolute Gasteiger partial charge is 0.232 e. The number of aromatic nitrogens is 1. The highest BCUT2D eigenvalue weighted by Gasteiger charge is 2.26. The monoisotopic (exact) mass is 240 g/mol. The Morgan fingerprint density at radius 2 is 2.38 bits per heavy atom. The maximum absolute atomic E-state index is 11.4. The molecular weight excluding hydrogens is 232 g/mol. The Kier molecular flexibility index (Phi) is 2.07. The van der Waals surface area contributed by atoms with Crippen LogP contribution in [0.2, 0.25) is 0 Å². The summed E-state index contributed by atoms with van der Waals surface area (Å²) in [5, 5.41) is 0. The van der Waals surface area contributed by atoms with Crippen molar-refractivity contribution in [1.29, 1.82) is 0 Å². The maximum Gasteiger partial charge on any atom is 0.232 e.